The van der Waals surface area contributed by atoms with Crippen molar-refractivity contribution in [3.63, 3.8) is 0 Å². The summed E-state index contributed by atoms with van der Waals surface area (Å²) in [6.45, 7) is 11.8. The molecule has 2 amide bonds. The summed E-state index contributed by atoms with van der Waals surface area (Å²) < 4.78 is 0. The van der Waals surface area contributed by atoms with Crippen LogP contribution >= 0.6 is 0 Å². The van der Waals surface area contributed by atoms with Gasteiger partial charge in [-0.25, -0.2) is 4.79 Å². The quantitative estimate of drug-likeness (QED) is 0.684. The van der Waals surface area contributed by atoms with Gasteiger partial charge in [0, 0.05) is 25.6 Å². The predicted octanol–water partition coefficient (Wildman–Crippen LogP) is 2.95. The van der Waals surface area contributed by atoms with E-state index >= 15 is 0 Å². The molecule has 118 valence electrons. The average Bonchev–Trinajstić information content (AvgIpc) is 2.25. The Morgan fingerprint density at radius 3 is 1.95 bits per heavy atom. The molecule has 0 aromatic heterocycles. The van der Waals surface area contributed by atoms with Crippen LogP contribution in [0, 0.1) is 11.8 Å². The third-order valence-corrected chi connectivity index (χ3v) is 2.86. The number of hydrogen-bond acceptors (Lipinski definition) is 2. The number of urea groups is 1. The van der Waals surface area contributed by atoms with Gasteiger partial charge in [0.15, 0.2) is 0 Å². The Kier molecular flexibility index (Phi) is 9.01. The molecule has 5 heteroatoms. The van der Waals surface area contributed by atoms with E-state index in [9.17, 15) is 9.59 Å². The van der Waals surface area contributed by atoms with Crippen molar-refractivity contribution in [3.8, 4) is 0 Å². The summed E-state index contributed by atoms with van der Waals surface area (Å²) in [5.41, 5.74) is 0. The monoisotopic (exact) mass is 286 g/mol. The van der Waals surface area contributed by atoms with E-state index < -0.39 is 5.97 Å². The zero-order chi connectivity index (χ0) is 15.7. The van der Waals surface area contributed by atoms with E-state index in [-0.39, 0.29) is 18.5 Å². The van der Waals surface area contributed by atoms with E-state index in [1.165, 1.54) is 0 Å². The van der Waals surface area contributed by atoms with Crippen molar-refractivity contribution in [2.24, 2.45) is 11.8 Å². The maximum atomic E-state index is 12.2. The summed E-state index contributed by atoms with van der Waals surface area (Å²) in [5.74, 6) is 0.0772. The zero-order valence-electron chi connectivity index (χ0n) is 13.5. The molecular weight excluding hydrogens is 256 g/mol. The second-order valence-electron chi connectivity index (χ2n) is 6.33. The Bertz CT molecular complexity index is 293. The number of rotatable bonds is 9. The Morgan fingerprint density at radius 1 is 1.05 bits per heavy atom. The summed E-state index contributed by atoms with van der Waals surface area (Å²) in [7, 11) is 0. The highest BCUT2D eigenvalue weighted by Crippen LogP contribution is 2.06. The summed E-state index contributed by atoms with van der Waals surface area (Å²) in [5, 5.41) is 11.6. The number of nitrogens with one attached hydrogen (secondary N) is 1. The number of carbonyl (C=O) groups is 2. The first-order chi connectivity index (χ1) is 9.22. The minimum Gasteiger partial charge on any atom is -0.481 e. The van der Waals surface area contributed by atoms with Crippen LogP contribution in [0.3, 0.4) is 0 Å². The number of nitrogens with zero attached hydrogens (tertiary/aromatic N) is 1. The molecular formula is C15H30N2O3. The van der Waals surface area contributed by atoms with Crippen LogP contribution in [0.1, 0.15) is 53.9 Å². The first-order valence-electron chi connectivity index (χ1n) is 7.49. The van der Waals surface area contributed by atoms with Crippen LogP contribution in [0.25, 0.3) is 0 Å². The Labute approximate surface area is 122 Å². The van der Waals surface area contributed by atoms with Gasteiger partial charge in [0.1, 0.15) is 0 Å². The van der Waals surface area contributed by atoms with Crippen LogP contribution in [0.5, 0.6) is 0 Å². The lowest BCUT2D eigenvalue weighted by molar-refractivity contribution is -0.137. The smallest absolute Gasteiger partial charge is 0.317 e. The Balaban J connectivity index is 4.25. The summed E-state index contributed by atoms with van der Waals surface area (Å²) in [6, 6.07) is -0.0427. The fraction of sp³-hybridized carbons (Fsp3) is 0.867. The highest BCUT2D eigenvalue weighted by Gasteiger charge is 2.17. The van der Waals surface area contributed by atoms with Crippen LogP contribution in [-0.2, 0) is 4.79 Å². The van der Waals surface area contributed by atoms with Gasteiger partial charge in [-0.15, -0.1) is 0 Å². The lowest BCUT2D eigenvalue weighted by Crippen LogP contribution is -2.46. The van der Waals surface area contributed by atoms with Crippen LogP contribution in [-0.4, -0.2) is 41.1 Å². The van der Waals surface area contributed by atoms with Gasteiger partial charge in [0.25, 0.3) is 0 Å². The minimum atomic E-state index is -0.787. The fourth-order valence-electron chi connectivity index (χ4n) is 2.06. The van der Waals surface area contributed by atoms with E-state index in [4.69, 9.17) is 5.11 Å². The molecule has 0 aromatic rings. The molecule has 1 unspecified atom stereocenters. The van der Waals surface area contributed by atoms with E-state index in [0.717, 1.165) is 13.1 Å². The number of carboxylic acids is 1. The summed E-state index contributed by atoms with van der Waals surface area (Å²) >= 11 is 0. The molecule has 5 nitrogen and oxygen atoms in total. The Morgan fingerprint density at radius 2 is 1.55 bits per heavy atom. The molecule has 1 atom stereocenters. The maximum Gasteiger partial charge on any atom is 0.317 e. The molecule has 0 saturated carbocycles. The van der Waals surface area contributed by atoms with Gasteiger partial charge in [-0.1, -0.05) is 27.7 Å². The van der Waals surface area contributed by atoms with Crippen molar-refractivity contribution in [2.75, 3.05) is 13.1 Å². The molecule has 0 aliphatic carbocycles. The van der Waals surface area contributed by atoms with Crippen molar-refractivity contribution < 1.29 is 14.7 Å². The van der Waals surface area contributed by atoms with E-state index in [0.29, 0.717) is 24.7 Å². The predicted molar refractivity (Wildman–Crippen MR) is 80.7 cm³/mol. The molecule has 20 heavy (non-hydrogen) atoms. The van der Waals surface area contributed by atoms with Crippen LogP contribution < -0.4 is 5.32 Å². The molecule has 0 rings (SSSR count). The van der Waals surface area contributed by atoms with Gasteiger partial charge < -0.3 is 15.3 Å². The van der Waals surface area contributed by atoms with E-state index in [2.05, 4.69) is 33.0 Å². The average molecular weight is 286 g/mol. The van der Waals surface area contributed by atoms with Crippen molar-refractivity contribution in [2.45, 2.75) is 59.9 Å². The van der Waals surface area contributed by atoms with E-state index in [1.807, 2.05) is 11.8 Å². The van der Waals surface area contributed by atoms with Crippen molar-refractivity contribution in [1.82, 2.24) is 10.2 Å². The first kappa shape index (κ1) is 18.7. The molecule has 0 aliphatic heterocycles. The molecule has 0 radical (unpaired) electrons. The van der Waals surface area contributed by atoms with Gasteiger partial charge in [0.2, 0.25) is 0 Å². The topological polar surface area (TPSA) is 69.6 Å². The molecule has 0 fully saturated rings. The molecule has 0 aliphatic rings. The zero-order valence-corrected chi connectivity index (χ0v) is 13.5. The van der Waals surface area contributed by atoms with Gasteiger partial charge in [-0.05, 0) is 31.6 Å². The third kappa shape index (κ3) is 9.64. The second kappa shape index (κ2) is 9.61. The number of hydrogen-bond donors (Lipinski definition) is 2. The molecule has 2 N–H and O–H groups in total. The standard InChI is InChI=1S/C15H30N2O3/c1-11(2)9-17(10-12(3)4)15(20)16-13(5)7-6-8-14(18)19/h11-13H,6-10H2,1-5H3,(H,16,20)(H,18,19). The SMILES string of the molecule is CC(C)CN(CC(C)C)C(=O)NC(C)CCCC(=O)O. The second-order valence-corrected chi connectivity index (χ2v) is 6.33. The van der Waals surface area contributed by atoms with Crippen molar-refractivity contribution in [3.05, 3.63) is 0 Å². The van der Waals surface area contributed by atoms with E-state index in [1.54, 1.807) is 0 Å². The highest BCUT2D eigenvalue weighted by molar-refractivity contribution is 5.74. The summed E-state index contributed by atoms with van der Waals surface area (Å²) in [4.78, 5) is 24.5. The number of carbonyl (C=O) groups excluding carboxylic acids is 1. The fourth-order valence-corrected chi connectivity index (χ4v) is 2.06. The van der Waals surface area contributed by atoms with Crippen LogP contribution in [0.2, 0.25) is 0 Å². The van der Waals surface area contributed by atoms with Crippen molar-refractivity contribution in [1.29, 1.82) is 0 Å². The number of aliphatic carboxylic acids is 1. The molecule has 0 bridgehead atoms. The molecule has 0 spiro atoms. The maximum absolute atomic E-state index is 12.2. The summed E-state index contributed by atoms with van der Waals surface area (Å²) in [6.07, 6.45) is 1.43. The third-order valence-electron chi connectivity index (χ3n) is 2.86. The minimum absolute atomic E-state index is 0.00340. The molecule has 0 heterocycles. The normalized spacial score (nSPS) is 12.6. The van der Waals surface area contributed by atoms with Crippen LogP contribution in [0.15, 0.2) is 0 Å². The highest BCUT2D eigenvalue weighted by atomic mass is 16.4. The molecule has 0 saturated heterocycles. The van der Waals surface area contributed by atoms with Crippen LogP contribution in [0.4, 0.5) is 4.79 Å². The Hall–Kier alpha value is -1.26. The first-order valence-corrected chi connectivity index (χ1v) is 7.49. The van der Waals surface area contributed by atoms with Gasteiger partial charge in [-0.3, -0.25) is 4.79 Å². The largest absolute Gasteiger partial charge is 0.481 e. The number of amides is 2. The molecule has 0 aromatic carbocycles. The number of carboxylic acid groups (broad SMARTS) is 1. The van der Waals surface area contributed by atoms with Crippen molar-refractivity contribution >= 4 is 12.0 Å². The lowest BCUT2D eigenvalue weighted by Gasteiger charge is -2.28. The lowest BCUT2D eigenvalue weighted by atomic mass is 10.1. The van der Waals surface area contributed by atoms with Gasteiger partial charge in [-0.2, -0.15) is 0 Å². The van der Waals surface area contributed by atoms with Gasteiger partial charge in [0.05, 0.1) is 0 Å². The van der Waals surface area contributed by atoms with Gasteiger partial charge >= 0.3 is 12.0 Å².